The highest BCUT2D eigenvalue weighted by molar-refractivity contribution is 7.85. The number of rotatable bonds is 4. The van der Waals surface area contributed by atoms with Gasteiger partial charge in [-0.2, -0.15) is 0 Å². The molecule has 0 fully saturated rings. The summed E-state index contributed by atoms with van der Waals surface area (Å²) in [6, 6.07) is 13.6. The average Bonchev–Trinajstić information content (AvgIpc) is 3.05. The molecule has 0 radical (unpaired) electrons. The fraction of sp³-hybridized carbons (Fsp3) is 0.400. The van der Waals surface area contributed by atoms with Gasteiger partial charge in [0.25, 0.3) is 5.91 Å². The fourth-order valence-corrected chi connectivity index (χ4v) is 5.02. The Bertz CT molecular complexity index is 1120. The SMILES string of the molecule is CC1CCc2[nH]c3c(C(=O)Nc4cccc(CS(=O)C(C)(C)C)c4)cccc3c2C1. The zero-order valence-electron chi connectivity index (χ0n) is 18.2. The maximum Gasteiger partial charge on any atom is 0.257 e. The number of carbonyl (C=O) groups excluding carboxylic acids is 1. The largest absolute Gasteiger partial charge is 0.358 e. The summed E-state index contributed by atoms with van der Waals surface area (Å²) < 4.78 is 12.2. The van der Waals surface area contributed by atoms with E-state index >= 15 is 0 Å². The van der Waals surface area contributed by atoms with Crippen LogP contribution in [0.5, 0.6) is 0 Å². The van der Waals surface area contributed by atoms with Crippen LogP contribution in [0.1, 0.15) is 61.3 Å². The molecule has 4 nitrogen and oxygen atoms in total. The van der Waals surface area contributed by atoms with Gasteiger partial charge in [-0.15, -0.1) is 0 Å². The zero-order chi connectivity index (χ0) is 21.5. The minimum Gasteiger partial charge on any atom is -0.358 e. The molecule has 1 aliphatic rings. The van der Waals surface area contributed by atoms with E-state index in [0.29, 0.717) is 17.2 Å². The van der Waals surface area contributed by atoms with Crippen LogP contribution in [-0.4, -0.2) is 19.8 Å². The molecule has 3 aromatic rings. The van der Waals surface area contributed by atoms with Gasteiger partial charge in [0.1, 0.15) is 0 Å². The van der Waals surface area contributed by atoms with E-state index in [1.165, 1.54) is 23.1 Å². The van der Waals surface area contributed by atoms with Crippen molar-refractivity contribution >= 4 is 33.3 Å². The van der Waals surface area contributed by atoms with E-state index in [-0.39, 0.29) is 10.7 Å². The second-order valence-corrected chi connectivity index (χ2v) is 11.6. The topological polar surface area (TPSA) is 62.0 Å². The fourth-order valence-electron chi connectivity index (χ4n) is 4.11. The van der Waals surface area contributed by atoms with Crippen LogP contribution in [0.3, 0.4) is 0 Å². The Morgan fingerprint density at radius 1 is 1.20 bits per heavy atom. The number of amides is 1. The Morgan fingerprint density at radius 3 is 2.73 bits per heavy atom. The van der Waals surface area contributed by atoms with Gasteiger partial charge in [-0.25, -0.2) is 0 Å². The lowest BCUT2D eigenvalue weighted by Crippen LogP contribution is -2.23. The van der Waals surface area contributed by atoms with Crippen molar-refractivity contribution in [3.05, 3.63) is 64.8 Å². The molecule has 0 bridgehead atoms. The van der Waals surface area contributed by atoms with Crippen molar-refractivity contribution in [2.75, 3.05) is 5.32 Å². The predicted octanol–water partition coefficient (Wildman–Crippen LogP) is 5.59. The Kier molecular flexibility index (Phi) is 5.58. The Morgan fingerprint density at radius 2 is 1.97 bits per heavy atom. The highest BCUT2D eigenvalue weighted by Gasteiger charge is 2.23. The molecule has 1 aliphatic carbocycles. The molecule has 30 heavy (non-hydrogen) atoms. The van der Waals surface area contributed by atoms with E-state index in [0.717, 1.165) is 29.6 Å². The first-order valence-electron chi connectivity index (χ1n) is 10.6. The molecule has 2 unspecified atom stereocenters. The van der Waals surface area contributed by atoms with Gasteiger partial charge in [0.15, 0.2) is 0 Å². The number of hydrogen-bond donors (Lipinski definition) is 2. The minimum atomic E-state index is -0.981. The molecule has 0 aliphatic heterocycles. The second-order valence-electron chi connectivity index (χ2n) is 9.41. The van der Waals surface area contributed by atoms with E-state index in [1.54, 1.807) is 0 Å². The molecule has 0 spiro atoms. The van der Waals surface area contributed by atoms with E-state index in [4.69, 9.17) is 0 Å². The van der Waals surface area contributed by atoms with Gasteiger partial charge in [-0.05, 0) is 75.3 Å². The van der Waals surface area contributed by atoms with Crippen molar-refractivity contribution < 1.29 is 9.00 Å². The monoisotopic (exact) mass is 422 g/mol. The zero-order valence-corrected chi connectivity index (χ0v) is 19.0. The van der Waals surface area contributed by atoms with E-state index < -0.39 is 10.8 Å². The molecule has 0 saturated carbocycles. The predicted molar refractivity (Wildman–Crippen MR) is 125 cm³/mol. The third kappa shape index (κ3) is 4.22. The van der Waals surface area contributed by atoms with Crippen LogP contribution in [0, 0.1) is 5.92 Å². The second kappa shape index (κ2) is 8.03. The number of carbonyl (C=O) groups is 1. The number of fused-ring (bicyclic) bond motifs is 3. The first-order chi connectivity index (χ1) is 14.2. The quantitative estimate of drug-likeness (QED) is 0.575. The molecule has 158 valence electrons. The molecule has 4 rings (SSSR count). The number of aromatic nitrogens is 1. The molecule has 5 heteroatoms. The molecular formula is C25H30N2O2S. The Labute approximate surface area is 180 Å². The van der Waals surface area contributed by atoms with Crippen LogP contribution >= 0.6 is 0 Å². The van der Waals surface area contributed by atoms with Gasteiger partial charge >= 0.3 is 0 Å². The summed E-state index contributed by atoms with van der Waals surface area (Å²) in [6.07, 6.45) is 3.29. The molecular weight excluding hydrogens is 392 g/mol. The number of hydrogen-bond acceptors (Lipinski definition) is 2. The lowest BCUT2D eigenvalue weighted by Gasteiger charge is -2.18. The molecule has 0 saturated heterocycles. The standard InChI is InChI=1S/C25H30N2O2S/c1-16-11-12-22-21(13-16)19-9-6-10-20(23(19)27-22)24(28)26-18-8-5-7-17(14-18)15-30(29)25(2,3)4/h5-10,14,16,27H,11-13,15H2,1-4H3,(H,26,28). The van der Waals surface area contributed by atoms with Gasteiger partial charge in [0.05, 0.1) is 11.1 Å². The first kappa shape index (κ1) is 20.9. The van der Waals surface area contributed by atoms with Crippen LogP contribution < -0.4 is 5.32 Å². The lowest BCUT2D eigenvalue weighted by molar-refractivity contribution is 0.102. The third-order valence-corrected chi connectivity index (χ3v) is 7.84. The number of anilines is 1. The molecule has 2 atom stereocenters. The van der Waals surface area contributed by atoms with Gasteiger partial charge < -0.3 is 10.3 Å². The highest BCUT2D eigenvalue weighted by atomic mass is 32.2. The summed E-state index contributed by atoms with van der Waals surface area (Å²) in [4.78, 5) is 16.6. The van der Waals surface area contributed by atoms with Crippen LogP contribution in [0.25, 0.3) is 10.9 Å². The van der Waals surface area contributed by atoms with Crippen LogP contribution in [0.2, 0.25) is 0 Å². The third-order valence-electron chi connectivity index (χ3n) is 5.88. The van der Waals surface area contributed by atoms with Crippen LogP contribution in [0.4, 0.5) is 5.69 Å². The molecule has 2 aromatic carbocycles. The summed E-state index contributed by atoms with van der Waals surface area (Å²) >= 11 is 0. The maximum absolute atomic E-state index is 13.1. The summed E-state index contributed by atoms with van der Waals surface area (Å²) in [5, 5.41) is 4.20. The van der Waals surface area contributed by atoms with Gasteiger partial charge in [0.2, 0.25) is 0 Å². The molecule has 1 amide bonds. The number of aromatic amines is 1. The van der Waals surface area contributed by atoms with E-state index in [9.17, 15) is 9.00 Å². The van der Waals surface area contributed by atoms with Gasteiger partial charge in [0, 0.05) is 38.1 Å². The summed E-state index contributed by atoms with van der Waals surface area (Å²) in [5.74, 6) is 1.03. The van der Waals surface area contributed by atoms with Crippen molar-refractivity contribution in [3.63, 3.8) is 0 Å². The Balaban J connectivity index is 1.58. The number of aryl methyl sites for hydroxylation is 1. The molecule has 2 N–H and O–H groups in total. The molecule has 1 heterocycles. The van der Waals surface area contributed by atoms with Crippen molar-refractivity contribution in [1.82, 2.24) is 4.98 Å². The van der Waals surface area contributed by atoms with Crippen molar-refractivity contribution in [2.24, 2.45) is 5.92 Å². The maximum atomic E-state index is 13.1. The van der Waals surface area contributed by atoms with E-state index in [1.807, 2.05) is 57.2 Å². The van der Waals surface area contributed by atoms with Crippen molar-refractivity contribution in [1.29, 1.82) is 0 Å². The normalized spacial score (nSPS) is 17.5. The highest BCUT2D eigenvalue weighted by Crippen LogP contribution is 2.33. The van der Waals surface area contributed by atoms with Gasteiger partial charge in [-0.3, -0.25) is 9.00 Å². The molecule has 1 aromatic heterocycles. The minimum absolute atomic E-state index is 0.124. The summed E-state index contributed by atoms with van der Waals surface area (Å²) in [5.41, 5.74) is 5.92. The van der Waals surface area contributed by atoms with Gasteiger partial charge in [-0.1, -0.05) is 31.2 Å². The van der Waals surface area contributed by atoms with Crippen LogP contribution in [0.15, 0.2) is 42.5 Å². The Hall–Kier alpha value is -2.40. The van der Waals surface area contributed by atoms with E-state index in [2.05, 4.69) is 23.3 Å². The van der Waals surface area contributed by atoms with Crippen LogP contribution in [-0.2, 0) is 29.4 Å². The number of benzene rings is 2. The summed E-state index contributed by atoms with van der Waals surface area (Å²) in [7, 11) is -0.981. The number of H-pyrrole nitrogens is 1. The van der Waals surface area contributed by atoms with Crippen molar-refractivity contribution in [2.45, 2.75) is 57.5 Å². The lowest BCUT2D eigenvalue weighted by atomic mass is 9.87. The smallest absolute Gasteiger partial charge is 0.257 e. The number of para-hydroxylation sites is 1. The van der Waals surface area contributed by atoms with Crippen molar-refractivity contribution in [3.8, 4) is 0 Å². The average molecular weight is 423 g/mol. The summed E-state index contributed by atoms with van der Waals surface area (Å²) in [6.45, 7) is 8.22. The first-order valence-corrected chi connectivity index (χ1v) is 12.0. The number of nitrogens with one attached hydrogen (secondary N) is 2.